The normalized spacial score (nSPS) is 11.5. The van der Waals surface area contributed by atoms with Crippen LogP contribution in [0.4, 0.5) is 13.2 Å². The summed E-state index contributed by atoms with van der Waals surface area (Å²) in [6.45, 7) is 0. The Labute approximate surface area is 93.7 Å². The molecule has 0 saturated carbocycles. The lowest BCUT2D eigenvalue weighted by atomic mass is 10.1. The van der Waals surface area contributed by atoms with Crippen LogP contribution in [0.25, 0.3) is 5.69 Å². The van der Waals surface area contributed by atoms with Crippen LogP contribution in [0.5, 0.6) is 0 Å². The van der Waals surface area contributed by atoms with Gasteiger partial charge >= 0.3 is 6.18 Å². The van der Waals surface area contributed by atoms with E-state index >= 15 is 0 Å². The maximum absolute atomic E-state index is 12.5. The minimum absolute atomic E-state index is 0.000162. The largest absolute Gasteiger partial charge is 0.416 e. The molecule has 0 fully saturated rings. The number of aromatic nitrogens is 3. The lowest BCUT2D eigenvalue weighted by Crippen LogP contribution is -2.09. The van der Waals surface area contributed by atoms with Crippen molar-refractivity contribution in [2.75, 3.05) is 0 Å². The van der Waals surface area contributed by atoms with Crippen LogP contribution in [0.1, 0.15) is 15.9 Å². The van der Waals surface area contributed by atoms with E-state index in [1.807, 2.05) is 0 Å². The first kappa shape index (κ1) is 11.3. The van der Waals surface area contributed by atoms with Gasteiger partial charge in [-0.25, -0.2) is 0 Å². The summed E-state index contributed by atoms with van der Waals surface area (Å²) in [4.78, 5) is 11.7. The third kappa shape index (κ3) is 2.17. The Balaban J connectivity index is 2.59. The second-order valence-corrected chi connectivity index (χ2v) is 3.21. The summed E-state index contributed by atoms with van der Waals surface area (Å²) in [5.41, 5.74) is -0.760. The van der Waals surface area contributed by atoms with Crippen LogP contribution in [0.15, 0.2) is 30.6 Å². The van der Waals surface area contributed by atoms with Crippen LogP contribution < -0.4 is 0 Å². The molecule has 0 aliphatic carbocycles. The molecule has 7 heteroatoms. The average Bonchev–Trinajstić information content (AvgIpc) is 2.80. The number of alkyl halides is 3. The summed E-state index contributed by atoms with van der Waals surface area (Å²) in [7, 11) is 0. The zero-order valence-electron chi connectivity index (χ0n) is 8.35. The highest BCUT2D eigenvalue weighted by atomic mass is 19.4. The van der Waals surface area contributed by atoms with E-state index in [-0.39, 0.29) is 11.3 Å². The Morgan fingerprint density at radius 1 is 1.18 bits per heavy atom. The van der Waals surface area contributed by atoms with Crippen molar-refractivity contribution < 1.29 is 18.0 Å². The van der Waals surface area contributed by atoms with E-state index in [1.165, 1.54) is 12.4 Å². The lowest BCUT2D eigenvalue weighted by molar-refractivity contribution is -0.137. The summed E-state index contributed by atoms with van der Waals surface area (Å²) in [6, 6.07) is 2.77. The molecule has 1 aromatic carbocycles. The van der Waals surface area contributed by atoms with E-state index in [1.54, 1.807) is 0 Å². The highest BCUT2D eigenvalue weighted by Gasteiger charge is 2.31. The van der Waals surface area contributed by atoms with Gasteiger partial charge in [0.25, 0.3) is 0 Å². The Kier molecular flexibility index (Phi) is 2.66. The molecule has 0 amide bonds. The fourth-order valence-electron chi connectivity index (χ4n) is 1.33. The molecule has 17 heavy (non-hydrogen) atoms. The van der Waals surface area contributed by atoms with Gasteiger partial charge in [-0.15, -0.1) is 0 Å². The van der Waals surface area contributed by atoms with Crippen molar-refractivity contribution in [1.29, 1.82) is 0 Å². The number of halogens is 3. The Morgan fingerprint density at radius 3 is 2.35 bits per heavy atom. The molecule has 2 aromatic rings. The van der Waals surface area contributed by atoms with Gasteiger partial charge in [0.1, 0.15) is 0 Å². The van der Waals surface area contributed by atoms with E-state index in [9.17, 15) is 18.0 Å². The highest BCUT2D eigenvalue weighted by molar-refractivity contribution is 5.80. The van der Waals surface area contributed by atoms with E-state index in [4.69, 9.17) is 0 Å². The summed E-state index contributed by atoms with van der Waals surface area (Å²) < 4.78 is 37.5. The smallest absolute Gasteiger partial charge is 0.298 e. The first-order valence-electron chi connectivity index (χ1n) is 4.55. The van der Waals surface area contributed by atoms with Gasteiger partial charge < -0.3 is 0 Å². The topological polar surface area (TPSA) is 47.8 Å². The SMILES string of the molecule is O=Cc1ccc(C(F)(F)F)cc1-n1nccn1. The van der Waals surface area contributed by atoms with E-state index in [0.29, 0.717) is 6.29 Å². The number of benzene rings is 1. The van der Waals surface area contributed by atoms with E-state index in [0.717, 1.165) is 23.0 Å². The fraction of sp³-hybridized carbons (Fsp3) is 0.100. The number of hydrogen-bond acceptors (Lipinski definition) is 3. The molecule has 1 aromatic heterocycles. The van der Waals surface area contributed by atoms with Crippen LogP contribution >= 0.6 is 0 Å². The van der Waals surface area contributed by atoms with Crippen LogP contribution in [0.3, 0.4) is 0 Å². The zero-order chi connectivity index (χ0) is 12.5. The second-order valence-electron chi connectivity index (χ2n) is 3.21. The van der Waals surface area contributed by atoms with E-state index in [2.05, 4.69) is 10.2 Å². The number of aldehydes is 1. The van der Waals surface area contributed by atoms with Gasteiger partial charge in [-0.3, -0.25) is 4.79 Å². The minimum atomic E-state index is -4.47. The maximum Gasteiger partial charge on any atom is 0.416 e. The molecule has 0 N–H and O–H groups in total. The van der Waals surface area contributed by atoms with Crippen LogP contribution in [-0.2, 0) is 6.18 Å². The van der Waals surface area contributed by atoms with Crippen molar-refractivity contribution in [3.8, 4) is 5.69 Å². The molecule has 0 radical (unpaired) electrons. The van der Waals surface area contributed by atoms with Crippen molar-refractivity contribution in [3.05, 3.63) is 41.7 Å². The molecule has 88 valence electrons. The lowest BCUT2D eigenvalue weighted by Gasteiger charge is -2.09. The zero-order valence-corrected chi connectivity index (χ0v) is 8.35. The summed E-state index contributed by atoms with van der Waals surface area (Å²) in [5, 5.41) is 7.40. The quantitative estimate of drug-likeness (QED) is 0.756. The van der Waals surface area contributed by atoms with Crippen molar-refractivity contribution in [2.45, 2.75) is 6.18 Å². The molecular formula is C10H6F3N3O. The molecule has 1 heterocycles. The number of rotatable bonds is 2. The monoisotopic (exact) mass is 241 g/mol. The molecule has 0 saturated heterocycles. The first-order chi connectivity index (χ1) is 8.02. The molecule has 0 unspecified atom stereocenters. The first-order valence-corrected chi connectivity index (χ1v) is 4.55. The fourth-order valence-corrected chi connectivity index (χ4v) is 1.33. The predicted octanol–water partition coefficient (Wildman–Crippen LogP) is 2.10. The van der Waals surface area contributed by atoms with Crippen molar-refractivity contribution in [3.63, 3.8) is 0 Å². The van der Waals surface area contributed by atoms with Crippen molar-refractivity contribution in [1.82, 2.24) is 15.0 Å². The maximum atomic E-state index is 12.5. The summed E-state index contributed by atoms with van der Waals surface area (Å²) >= 11 is 0. The number of carbonyl (C=O) groups excluding carboxylic acids is 1. The molecule has 0 bridgehead atoms. The van der Waals surface area contributed by atoms with Gasteiger partial charge in [-0.05, 0) is 18.2 Å². The molecule has 0 aliphatic heterocycles. The third-order valence-corrected chi connectivity index (χ3v) is 2.12. The minimum Gasteiger partial charge on any atom is -0.298 e. The Morgan fingerprint density at radius 2 is 1.82 bits per heavy atom. The van der Waals surface area contributed by atoms with Gasteiger partial charge in [0.05, 0.1) is 23.6 Å². The van der Waals surface area contributed by atoms with Gasteiger partial charge in [0.2, 0.25) is 0 Å². The summed E-state index contributed by atoms with van der Waals surface area (Å²) in [6.07, 6.45) is -1.38. The summed E-state index contributed by atoms with van der Waals surface area (Å²) in [5.74, 6) is 0. The van der Waals surface area contributed by atoms with Crippen LogP contribution in [0.2, 0.25) is 0 Å². The number of carbonyl (C=O) groups is 1. The molecular weight excluding hydrogens is 235 g/mol. The van der Waals surface area contributed by atoms with Gasteiger partial charge in [0.15, 0.2) is 6.29 Å². The molecule has 2 rings (SSSR count). The van der Waals surface area contributed by atoms with Gasteiger partial charge in [0, 0.05) is 5.56 Å². The second kappa shape index (κ2) is 4.00. The van der Waals surface area contributed by atoms with Crippen LogP contribution in [0, 0.1) is 0 Å². The molecule has 4 nitrogen and oxygen atoms in total. The number of nitrogens with zero attached hydrogens (tertiary/aromatic N) is 3. The molecule has 0 atom stereocenters. The van der Waals surface area contributed by atoms with Gasteiger partial charge in [-0.1, -0.05) is 0 Å². The average molecular weight is 241 g/mol. The van der Waals surface area contributed by atoms with Crippen LogP contribution in [-0.4, -0.2) is 21.3 Å². The van der Waals surface area contributed by atoms with E-state index < -0.39 is 11.7 Å². The van der Waals surface area contributed by atoms with Crippen molar-refractivity contribution in [2.24, 2.45) is 0 Å². The molecule has 0 aliphatic rings. The highest BCUT2D eigenvalue weighted by Crippen LogP contribution is 2.30. The number of hydrogen-bond donors (Lipinski definition) is 0. The molecule has 0 spiro atoms. The standard InChI is InChI=1S/C10H6F3N3O/c11-10(12,13)8-2-1-7(6-17)9(5-8)16-14-3-4-15-16/h1-6H. The predicted molar refractivity (Wildman–Crippen MR) is 51.7 cm³/mol. The Hall–Kier alpha value is -2.18. The van der Waals surface area contributed by atoms with Gasteiger partial charge in [-0.2, -0.15) is 28.2 Å². The Bertz CT molecular complexity index is 534. The van der Waals surface area contributed by atoms with Crippen molar-refractivity contribution >= 4 is 6.29 Å². The third-order valence-electron chi connectivity index (χ3n) is 2.12.